The zero-order valence-electron chi connectivity index (χ0n) is 16.8. The number of aromatic hydroxyl groups is 1. The summed E-state index contributed by atoms with van der Waals surface area (Å²) in [6, 6.07) is 17.0. The van der Waals surface area contributed by atoms with E-state index in [-0.39, 0.29) is 5.75 Å². The first-order chi connectivity index (χ1) is 13.9. The lowest BCUT2D eigenvalue weighted by Gasteiger charge is -2.34. The molecule has 0 saturated carbocycles. The zero-order chi connectivity index (χ0) is 20.6. The SMILES string of the molecule is Cc1ccc(S(=O)(=O)N2CCN(Cc3ccc(O)c4ccccc34)CC2)c(C)c1. The first-order valence-corrected chi connectivity index (χ1v) is 11.3. The summed E-state index contributed by atoms with van der Waals surface area (Å²) in [4.78, 5) is 2.67. The molecule has 5 nitrogen and oxygen atoms in total. The van der Waals surface area contributed by atoms with Gasteiger partial charge in [-0.05, 0) is 42.5 Å². The number of aryl methyl sites for hydroxylation is 2. The van der Waals surface area contributed by atoms with Gasteiger partial charge in [-0.2, -0.15) is 4.31 Å². The normalized spacial score (nSPS) is 16.3. The third-order valence-corrected chi connectivity index (χ3v) is 7.72. The number of fused-ring (bicyclic) bond motifs is 1. The van der Waals surface area contributed by atoms with Crippen molar-refractivity contribution < 1.29 is 13.5 Å². The number of benzene rings is 3. The van der Waals surface area contributed by atoms with Crippen LogP contribution in [0.4, 0.5) is 0 Å². The third-order valence-electron chi connectivity index (χ3n) is 5.66. The van der Waals surface area contributed by atoms with Crippen molar-refractivity contribution in [2.45, 2.75) is 25.3 Å². The van der Waals surface area contributed by atoms with E-state index in [1.807, 2.05) is 56.3 Å². The number of phenolic OH excluding ortho intramolecular Hbond substituents is 1. The van der Waals surface area contributed by atoms with Gasteiger partial charge in [0.2, 0.25) is 10.0 Å². The molecule has 3 aromatic rings. The molecule has 1 fully saturated rings. The number of hydrogen-bond acceptors (Lipinski definition) is 4. The van der Waals surface area contributed by atoms with Crippen LogP contribution in [0.25, 0.3) is 10.8 Å². The Hall–Kier alpha value is -2.41. The Kier molecular flexibility index (Phi) is 5.34. The Morgan fingerprint density at radius 1 is 0.897 bits per heavy atom. The van der Waals surface area contributed by atoms with Crippen LogP contribution >= 0.6 is 0 Å². The molecule has 0 radical (unpaired) electrons. The van der Waals surface area contributed by atoms with E-state index < -0.39 is 10.0 Å². The number of nitrogens with zero attached hydrogens (tertiary/aromatic N) is 2. The van der Waals surface area contributed by atoms with Gasteiger partial charge in [0.1, 0.15) is 5.75 Å². The molecule has 0 aromatic heterocycles. The predicted octanol–water partition coefficient (Wildman–Crippen LogP) is 3.67. The maximum atomic E-state index is 13.1. The molecule has 6 heteroatoms. The molecule has 3 aromatic carbocycles. The molecule has 4 rings (SSSR count). The maximum absolute atomic E-state index is 13.1. The van der Waals surface area contributed by atoms with Gasteiger partial charge in [-0.25, -0.2) is 8.42 Å². The Labute approximate surface area is 172 Å². The molecular weight excluding hydrogens is 384 g/mol. The minimum absolute atomic E-state index is 0.286. The van der Waals surface area contributed by atoms with Gasteiger partial charge < -0.3 is 5.11 Å². The lowest BCUT2D eigenvalue weighted by molar-refractivity contribution is 0.182. The summed E-state index contributed by atoms with van der Waals surface area (Å²) in [6.07, 6.45) is 0. The van der Waals surface area contributed by atoms with Gasteiger partial charge in [-0.1, -0.05) is 48.0 Å². The van der Waals surface area contributed by atoms with Crippen LogP contribution in [0.5, 0.6) is 5.75 Å². The Bertz CT molecular complexity index is 1150. The van der Waals surface area contributed by atoms with Crippen molar-refractivity contribution in [2.24, 2.45) is 0 Å². The van der Waals surface area contributed by atoms with Crippen molar-refractivity contribution in [1.29, 1.82) is 0 Å². The Balaban J connectivity index is 1.48. The van der Waals surface area contributed by atoms with Gasteiger partial charge in [0.05, 0.1) is 4.90 Å². The summed E-state index contributed by atoms with van der Waals surface area (Å²) in [5, 5.41) is 12.0. The molecule has 0 amide bonds. The number of sulfonamides is 1. The molecule has 1 heterocycles. The van der Waals surface area contributed by atoms with E-state index in [4.69, 9.17) is 0 Å². The summed E-state index contributed by atoms with van der Waals surface area (Å²) in [7, 11) is -3.47. The molecule has 152 valence electrons. The van der Waals surface area contributed by atoms with E-state index in [9.17, 15) is 13.5 Å². The molecule has 0 spiro atoms. The third kappa shape index (κ3) is 3.88. The standard InChI is InChI=1S/C23H26N2O3S/c1-17-7-10-23(18(2)15-17)29(27,28)25-13-11-24(12-14-25)16-19-8-9-22(26)21-6-4-3-5-20(19)21/h3-10,15,26H,11-14,16H2,1-2H3. The highest BCUT2D eigenvalue weighted by Gasteiger charge is 2.29. The Morgan fingerprint density at radius 3 is 2.28 bits per heavy atom. The average Bonchev–Trinajstić information content (AvgIpc) is 2.70. The van der Waals surface area contributed by atoms with Gasteiger partial charge in [0, 0.05) is 38.1 Å². The quantitative estimate of drug-likeness (QED) is 0.713. The maximum Gasteiger partial charge on any atom is 0.243 e. The first-order valence-electron chi connectivity index (χ1n) is 9.85. The van der Waals surface area contributed by atoms with Crippen LogP contribution in [0.2, 0.25) is 0 Å². The second-order valence-electron chi connectivity index (χ2n) is 7.74. The molecule has 29 heavy (non-hydrogen) atoms. The van der Waals surface area contributed by atoms with Crippen LogP contribution in [-0.2, 0) is 16.6 Å². The van der Waals surface area contributed by atoms with Crippen molar-refractivity contribution in [3.05, 3.63) is 71.3 Å². The van der Waals surface area contributed by atoms with Crippen LogP contribution in [0.3, 0.4) is 0 Å². The average molecular weight is 411 g/mol. The Morgan fingerprint density at radius 2 is 1.59 bits per heavy atom. The van der Waals surface area contributed by atoms with E-state index >= 15 is 0 Å². The smallest absolute Gasteiger partial charge is 0.243 e. The molecule has 0 aliphatic carbocycles. The molecule has 0 atom stereocenters. The highest BCUT2D eigenvalue weighted by molar-refractivity contribution is 7.89. The minimum Gasteiger partial charge on any atom is -0.507 e. The molecule has 1 saturated heterocycles. The lowest BCUT2D eigenvalue weighted by Crippen LogP contribution is -2.48. The topological polar surface area (TPSA) is 60.9 Å². The zero-order valence-corrected chi connectivity index (χ0v) is 17.6. The van der Waals surface area contributed by atoms with Crippen molar-refractivity contribution >= 4 is 20.8 Å². The second-order valence-corrected chi connectivity index (χ2v) is 9.64. The van der Waals surface area contributed by atoms with Crippen molar-refractivity contribution in [3.8, 4) is 5.75 Å². The second kappa shape index (κ2) is 7.78. The van der Waals surface area contributed by atoms with Gasteiger partial charge in [-0.15, -0.1) is 0 Å². The van der Waals surface area contributed by atoms with E-state index in [1.165, 1.54) is 0 Å². The van der Waals surface area contributed by atoms with Crippen molar-refractivity contribution in [2.75, 3.05) is 26.2 Å². The fourth-order valence-corrected chi connectivity index (χ4v) is 5.71. The summed E-state index contributed by atoms with van der Waals surface area (Å²) in [6.45, 7) is 6.87. The first kappa shape index (κ1) is 19.9. The van der Waals surface area contributed by atoms with E-state index in [0.29, 0.717) is 31.1 Å². The predicted molar refractivity (Wildman–Crippen MR) is 116 cm³/mol. The summed E-state index contributed by atoms with van der Waals surface area (Å²) < 4.78 is 27.7. The van der Waals surface area contributed by atoms with Gasteiger partial charge in [-0.3, -0.25) is 4.90 Å². The molecular formula is C23H26N2O3S. The highest BCUT2D eigenvalue weighted by atomic mass is 32.2. The van der Waals surface area contributed by atoms with Crippen LogP contribution in [-0.4, -0.2) is 48.9 Å². The van der Waals surface area contributed by atoms with Gasteiger partial charge in [0.25, 0.3) is 0 Å². The van der Waals surface area contributed by atoms with E-state index in [0.717, 1.165) is 34.0 Å². The van der Waals surface area contributed by atoms with Crippen LogP contribution in [0, 0.1) is 13.8 Å². The fraction of sp³-hybridized carbons (Fsp3) is 0.304. The van der Waals surface area contributed by atoms with Gasteiger partial charge in [0.15, 0.2) is 0 Å². The van der Waals surface area contributed by atoms with Crippen molar-refractivity contribution in [1.82, 2.24) is 9.21 Å². The highest BCUT2D eigenvalue weighted by Crippen LogP contribution is 2.29. The number of rotatable bonds is 4. The number of phenols is 1. The van der Waals surface area contributed by atoms with Crippen LogP contribution < -0.4 is 0 Å². The summed E-state index contributed by atoms with van der Waals surface area (Å²) >= 11 is 0. The number of hydrogen-bond donors (Lipinski definition) is 1. The van der Waals surface area contributed by atoms with E-state index in [2.05, 4.69) is 4.90 Å². The van der Waals surface area contributed by atoms with Crippen LogP contribution in [0.1, 0.15) is 16.7 Å². The molecule has 1 aliphatic rings. The number of piperazine rings is 1. The lowest BCUT2D eigenvalue weighted by atomic mass is 10.0. The largest absolute Gasteiger partial charge is 0.507 e. The minimum atomic E-state index is -3.47. The monoisotopic (exact) mass is 410 g/mol. The molecule has 1 aliphatic heterocycles. The summed E-state index contributed by atoms with van der Waals surface area (Å²) in [5.41, 5.74) is 3.00. The molecule has 0 unspecified atom stereocenters. The molecule has 1 N–H and O–H groups in total. The fourth-order valence-electron chi connectivity index (χ4n) is 4.08. The molecule has 0 bridgehead atoms. The summed E-state index contributed by atoms with van der Waals surface area (Å²) in [5.74, 6) is 0.286. The van der Waals surface area contributed by atoms with E-state index in [1.54, 1.807) is 16.4 Å². The van der Waals surface area contributed by atoms with Gasteiger partial charge >= 0.3 is 0 Å². The van der Waals surface area contributed by atoms with Crippen LogP contribution in [0.15, 0.2) is 59.5 Å². The van der Waals surface area contributed by atoms with Crippen molar-refractivity contribution in [3.63, 3.8) is 0 Å².